The van der Waals surface area contributed by atoms with Gasteiger partial charge in [-0.3, -0.25) is 4.79 Å². The van der Waals surface area contributed by atoms with E-state index >= 15 is 0 Å². The van der Waals surface area contributed by atoms with E-state index in [1.807, 2.05) is 6.92 Å². The van der Waals surface area contributed by atoms with Crippen LogP contribution in [0.4, 0.5) is 19.0 Å². The molecule has 3 unspecified atom stereocenters. The zero-order valence-electron chi connectivity index (χ0n) is 16.9. The summed E-state index contributed by atoms with van der Waals surface area (Å²) >= 11 is 0. The molecule has 30 heavy (non-hydrogen) atoms. The van der Waals surface area contributed by atoms with Crippen molar-refractivity contribution in [3.05, 3.63) is 41.6 Å². The summed E-state index contributed by atoms with van der Waals surface area (Å²) in [6.07, 6.45) is -0.620. The van der Waals surface area contributed by atoms with Crippen molar-refractivity contribution in [2.75, 3.05) is 19.0 Å². The summed E-state index contributed by atoms with van der Waals surface area (Å²) in [5.41, 5.74) is 0.853. The molecular weight excluding hydrogens is 397 g/mol. The number of piperidine rings is 1. The van der Waals surface area contributed by atoms with Gasteiger partial charge >= 0.3 is 6.18 Å². The Kier molecular flexibility index (Phi) is 5.38. The van der Waals surface area contributed by atoms with E-state index in [0.29, 0.717) is 17.9 Å². The molecular formula is C21H25F3N4O2. The second-order valence-corrected chi connectivity index (χ2v) is 7.96. The minimum atomic E-state index is -4.49. The van der Waals surface area contributed by atoms with Gasteiger partial charge in [-0.15, -0.1) is 0 Å². The van der Waals surface area contributed by atoms with Crippen molar-refractivity contribution in [3.8, 4) is 5.75 Å². The molecule has 1 fully saturated rings. The van der Waals surface area contributed by atoms with Crippen LogP contribution in [0.2, 0.25) is 0 Å². The monoisotopic (exact) mass is 422 g/mol. The van der Waals surface area contributed by atoms with E-state index in [9.17, 15) is 18.0 Å². The van der Waals surface area contributed by atoms with Crippen LogP contribution in [0.5, 0.6) is 5.75 Å². The lowest BCUT2D eigenvalue weighted by Crippen LogP contribution is -2.42. The maximum atomic E-state index is 13.9. The van der Waals surface area contributed by atoms with E-state index in [1.165, 1.54) is 13.3 Å². The molecule has 162 valence electrons. The van der Waals surface area contributed by atoms with Crippen LogP contribution >= 0.6 is 0 Å². The van der Waals surface area contributed by atoms with Crippen LogP contribution in [-0.4, -0.2) is 46.5 Å². The normalized spacial score (nSPS) is 24.2. The molecule has 2 aliphatic heterocycles. The molecule has 1 aromatic carbocycles. The fourth-order valence-electron chi connectivity index (χ4n) is 4.35. The molecule has 2 aromatic rings. The summed E-state index contributed by atoms with van der Waals surface area (Å²) in [5, 5.41) is 7.12. The van der Waals surface area contributed by atoms with Crippen molar-refractivity contribution < 1.29 is 22.7 Å². The lowest BCUT2D eigenvalue weighted by molar-refractivity contribution is -0.173. The summed E-state index contributed by atoms with van der Waals surface area (Å²) in [6.45, 7) is 2.57. The van der Waals surface area contributed by atoms with E-state index in [1.54, 1.807) is 29.2 Å². The Morgan fingerprint density at radius 3 is 2.80 bits per heavy atom. The standard InChI is InChI=1S/C21H25F3N4O2/c1-13-6-3-4-9-27(13)20(29)16-12-25-28-18(21(22,23)24)11-17(26-19(16)28)14-7-5-8-15(10-14)30-2/h5,7-8,10,12-13,17-18,26H,3-4,6,9,11H2,1-2H3. The molecule has 1 saturated heterocycles. The van der Waals surface area contributed by atoms with Crippen LogP contribution < -0.4 is 10.1 Å². The van der Waals surface area contributed by atoms with Crippen LogP contribution in [0.25, 0.3) is 0 Å². The Bertz CT molecular complexity index is 927. The van der Waals surface area contributed by atoms with Crippen molar-refractivity contribution in [2.45, 2.75) is 56.9 Å². The van der Waals surface area contributed by atoms with Gasteiger partial charge in [-0.2, -0.15) is 18.3 Å². The Morgan fingerprint density at radius 1 is 1.30 bits per heavy atom. The third kappa shape index (κ3) is 3.73. The molecule has 2 aliphatic rings. The Balaban J connectivity index is 1.72. The second kappa shape index (κ2) is 7.85. The van der Waals surface area contributed by atoms with Crippen LogP contribution in [0.15, 0.2) is 30.5 Å². The summed E-state index contributed by atoms with van der Waals surface area (Å²) in [4.78, 5) is 14.9. The van der Waals surface area contributed by atoms with Crippen LogP contribution in [0.3, 0.4) is 0 Å². The number of likely N-dealkylation sites (tertiary alicyclic amines) is 1. The maximum absolute atomic E-state index is 13.9. The molecule has 3 heterocycles. The quantitative estimate of drug-likeness (QED) is 0.788. The molecule has 0 saturated carbocycles. The first-order valence-electron chi connectivity index (χ1n) is 10.1. The van der Waals surface area contributed by atoms with Crippen molar-refractivity contribution in [3.63, 3.8) is 0 Å². The molecule has 6 nitrogen and oxygen atoms in total. The first-order valence-corrected chi connectivity index (χ1v) is 10.1. The zero-order valence-corrected chi connectivity index (χ0v) is 16.9. The summed E-state index contributed by atoms with van der Waals surface area (Å²) in [6, 6.07) is 4.57. The summed E-state index contributed by atoms with van der Waals surface area (Å²) < 4.78 is 47.8. The Morgan fingerprint density at radius 2 is 2.10 bits per heavy atom. The topological polar surface area (TPSA) is 59.4 Å². The minimum Gasteiger partial charge on any atom is -0.497 e. The zero-order chi connectivity index (χ0) is 21.5. The number of hydrogen-bond acceptors (Lipinski definition) is 4. The second-order valence-electron chi connectivity index (χ2n) is 7.96. The number of aromatic nitrogens is 2. The molecule has 1 aromatic heterocycles. The summed E-state index contributed by atoms with van der Waals surface area (Å²) in [5.74, 6) is 0.415. The van der Waals surface area contributed by atoms with E-state index < -0.39 is 18.3 Å². The number of nitrogens with one attached hydrogen (secondary N) is 1. The number of amides is 1. The van der Waals surface area contributed by atoms with Crippen LogP contribution in [0.1, 0.15) is 60.6 Å². The first-order chi connectivity index (χ1) is 14.3. The first kappa shape index (κ1) is 20.6. The van der Waals surface area contributed by atoms with Gasteiger partial charge in [0.1, 0.15) is 17.1 Å². The van der Waals surface area contributed by atoms with Crippen molar-refractivity contribution >= 4 is 11.7 Å². The van der Waals surface area contributed by atoms with Gasteiger partial charge in [-0.05, 0) is 43.9 Å². The molecule has 0 radical (unpaired) electrons. The van der Waals surface area contributed by atoms with Crippen LogP contribution in [0, 0.1) is 0 Å². The number of hydrogen-bond donors (Lipinski definition) is 1. The fourth-order valence-corrected chi connectivity index (χ4v) is 4.35. The number of benzene rings is 1. The predicted octanol–water partition coefficient (Wildman–Crippen LogP) is 4.57. The Hall–Kier alpha value is -2.71. The van der Waals surface area contributed by atoms with Crippen molar-refractivity contribution in [1.82, 2.24) is 14.7 Å². The van der Waals surface area contributed by atoms with Gasteiger partial charge in [-0.1, -0.05) is 12.1 Å². The van der Waals surface area contributed by atoms with E-state index in [4.69, 9.17) is 4.74 Å². The van der Waals surface area contributed by atoms with Gasteiger partial charge in [0.15, 0.2) is 6.04 Å². The number of methoxy groups -OCH3 is 1. The lowest BCUT2D eigenvalue weighted by Gasteiger charge is -2.36. The van der Waals surface area contributed by atoms with Crippen molar-refractivity contribution in [2.24, 2.45) is 0 Å². The number of carbonyl (C=O) groups is 1. The molecule has 9 heteroatoms. The largest absolute Gasteiger partial charge is 0.497 e. The number of carbonyl (C=O) groups excluding carboxylic acids is 1. The van der Waals surface area contributed by atoms with Gasteiger partial charge in [-0.25, -0.2) is 4.68 Å². The van der Waals surface area contributed by atoms with Gasteiger partial charge < -0.3 is 15.0 Å². The SMILES string of the molecule is COc1cccc(C2CC(C(F)(F)F)n3ncc(C(=O)N4CCCCC4C)c3N2)c1. The predicted molar refractivity (Wildman–Crippen MR) is 106 cm³/mol. The summed E-state index contributed by atoms with van der Waals surface area (Å²) in [7, 11) is 1.51. The average molecular weight is 422 g/mol. The molecule has 0 bridgehead atoms. The number of anilines is 1. The number of nitrogens with zero attached hydrogens (tertiary/aromatic N) is 3. The molecule has 0 spiro atoms. The van der Waals surface area contributed by atoms with Gasteiger partial charge in [0.25, 0.3) is 5.91 Å². The fraction of sp³-hybridized carbons (Fsp3) is 0.524. The molecule has 4 rings (SSSR count). The minimum absolute atomic E-state index is 0.0537. The van der Waals surface area contributed by atoms with E-state index in [0.717, 1.165) is 23.9 Å². The highest BCUT2D eigenvalue weighted by molar-refractivity contribution is 5.99. The number of alkyl halides is 3. The van der Waals surface area contributed by atoms with Gasteiger partial charge in [0, 0.05) is 19.0 Å². The van der Waals surface area contributed by atoms with Crippen LogP contribution in [-0.2, 0) is 0 Å². The molecule has 0 aliphatic carbocycles. The molecule has 1 amide bonds. The number of rotatable bonds is 3. The molecule has 1 N–H and O–H groups in total. The number of fused-ring (bicyclic) bond motifs is 1. The average Bonchev–Trinajstić information content (AvgIpc) is 3.16. The maximum Gasteiger partial charge on any atom is 0.410 e. The lowest BCUT2D eigenvalue weighted by atomic mass is 9.96. The highest BCUT2D eigenvalue weighted by Gasteiger charge is 2.47. The highest BCUT2D eigenvalue weighted by Crippen LogP contribution is 2.45. The van der Waals surface area contributed by atoms with Gasteiger partial charge in [0.05, 0.1) is 19.3 Å². The highest BCUT2D eigenvalue weighted by atomic mass is 19.4. The Labute approximate surface area is 173 Å². The van der Waals surface area contributed by atoms with E-state index in [2.05, 4.69) is 10.4 Å². The molecule has 3 atom stereocenters. The smallest absolute Gasteiger partial charge is 0.410 e. The number of halogens is 3. The number of ether oxygens (including phenoxy) is 1. The third-order valence-electron chi connectivity index (χ3n) is 6.03. The van der Waals surface area contributed by atoms with E-state index in [-0.39, 0.29) is 29.8 Å². The van der Waals surface area contributed by atoms with Gasteiger partial charge in [0.2, 0.25) is 0 Å². The third-order valence-corrected chi connectivity index (χ3v) is 6.03. The van der Waals surface area contributed by atoms with Crippen molar-refractivity contribution in [1.29, 1.82) is 0 Å².